The van der Waals surface area contributed by atoms with E-state index in [2.05, 4.69) is 37.2 Å². The molecule has 100 valence electrons. The van der Waals surface area contributed by atoms with E-state index in [4.69, 9.17) is 0 Å². The van der Waals surface area contributed by atoms with Crippen molar-refractivity contribution in [3.8, 4) is 0 Å². The van der Waals surface area contributed by atoms with Crippen LogP contribution in [-0.4, -0.2) is 0 Å². The molecule has 0 aromatic heterocycles. The Balaban J connectivity index is 2.25. The van der Waals surface area contributed by atoms with Crippen LogP contribution in [0.2, 0.25) is 0 Å². The number of benzene rings is 2. The first-order valence-corrected chi connectivity index (χ1v) is 7.22. The average Bonchev–Trinajstić information content (AvgIpc) is 2.35. The fourth-order valence-corrected chi connectivity index (χ4v) is 2.48. The summed E-state index contributed by atoms with van der Waals surface area (Å²) in [6.07, 6.45) is 0. The molecule has 2 aromatic carbocycles. The monoisotopic (exact) mass is 389 g/mol. The highest BCUT2D eigenvalue weighted by molar-refractivity contribution is 9.10. The van der Waals surface area contributed by atoms with Crippen molar-refractivity contribution < 1.29 is 8.78 Å². The molecule has 1 N–H and O–H groups in total. The van der Waals surface area contributed by atoms with Gasteiger partial charge >= 0.3 is 0 Å². The highest BCUT2D eigenvalue weighted by atomic mass is 79.9. The largest absolute Gasteiger partial charge is 0.376 e. The van der Waals surface area contributed by atoms with Gasteiger partial charge in [-0.1, -0.05) is 31.9 Å². The van der Waals surface area contributed by atoms with Crippen LogP contribution in [0.3, 0.4) is 0 Å². The first-order valence-electron chi connectivity index (χ1n) is 5.64. The highest BCUT2D eigenvalue weighted by Gasteiger charge is 2.13. The summed E-state index contributed by atoms with van der Waals surface area (Å²) in [5.41, 5.74) is 0.826. The maximum Gasteiger partial charge on any atom is 0.147 e. The lowest BCUT2D eigenvalue weighted by molar-refractivity contribution is 0.596. The lowest BCUT2D eigenvalue weighted by Crippen LogP contribution is -2.09. The summed E-state index contributed by atoms with van der Waals surface area (Å²) in [7, 11) is 0. The van der Waals surface area contributed by atoms with Crippen LogP contribution in [0, 0.1) is 11.6 Å². The molecule has 0 fully saturated rings. The number of nitrogens with one attached hydrogen (secondary N) is 1. The lowest BCUT2D eigenvalue weighted by atomic mass is 10.1. The molecule has 1 nitrogen and oxygen atoms in total. The van der Waals surface area contributed by atoms with Crippen LogP contribution in [0.15, 0.2) is 45.3 Å². The van der Waals surface area contributed by atoms with Crippen molar-refractivity contribution in [3.05, 3.63) is 62.5 Å². The van der Waals surface area contributed by atoms with Crippen molar-refractivity contribution in [1.29, 1.82) is 0 Å². The number of hydrogen-bond acceptors (Lipinski definition) is 1. The van der Waals surface area contributed by atoms with Gasteiger partial charge in [-0.2, -0.15) is 0 Å². The molecule has 1 atom stereocenters. The fourth-order valence-electron chi connectivity index (χ4n) is 1.76. The van der Waals surface area contributed by atoms with Gasteiger partial charge in [0, 0.05) is 14.5 Å². The van der Waals surface area contributed by atoms with Crippen LogP contribution in [0.25, 0.3) is 0 Å². The third-order valence-electron chi connectivity index (χ3n) is 2.73. The van der Waals surface area contributed by atoms with Crippen LogP contribution in [0.5, 0.6) is 0 Å². The topological polar surface area (TPSA) is 12.0 Å². The van der Waals surface area contributed by atoms with E-state index < -0.39 is 0 Å². The van der Waals surface area contributed by atoms with Crippen LogP contribution in [0.4, 0.5) is 14.5 Å². The summed E-state index contributed by atoms with van der Waals surface area (Å²) < 4.78 is 28.9. The van der Waals surface area contributed by atoms with Gasteiger partial charge in [0.25, 0.3) is 0 Å². The molecule has 0 aliphatic heterocycles. The van der Waals surface area contributed by atoms with Gasteiger partial charge in [0.05, 0.1) is 11.7 Å². The standard InChI is InChI=1S/C14H11Br2F2N/c1-8(11-6-9(15)2-4-12(11)17)19-14-5-3-10(16)7-13(14)18/h2-8,19H,1H3. The average molecular weight is 391 g/mol. The Hall–Kier alpha value is -0.940. The van der Waals surface area contributed by atoms with Crippen molar-refractivity contribution in [2.75, 3.05) is 5.32 Å². The summed E-state index contributed by atoms with van der Waals surface area (Å²) in [5.74, 6) is -0.697. The minimum Gasteiger partial charge on any atom is -0.376 e. The molecule has 0 saturated heterocycles. The van der Waals surface area contributed by atoms with Gasteiger partial charge < -0.3 is 5.32 Å². The Kier molecular flexibility index (Phi) is 4.58. The number of anilines is 1. The zero-order chi connectivity index (χ0) is 14.0. The summed E-state index contributed by atoms with van der Waals surface area (Å²) in [4.78, 5) is 0. The molecule has 0 bridgehead atoms. The van der Waals surface area contributed by atoms with E-state index >= 15 is 0 Å². The van der Waals surface area contributed by atoms with Gasteiger partial charge in [-0.25, -0.2) is 8.78 Å². The number of rotatable bonds is 3. The third-order valence-corrected chi connectivity index (χ3v) is 3.71. The molecular weight excluding hydrogens is 380 g/mol. The molecule has 2 aromatic rings. The van der Waals surface area contributed by atoms with Gasteiger partial charge in [-0.3, -0.25) is 0 Å². The summed E-state index contributed by atoms with van der Waals surface area (Å²) in [5, 5.41) is 2.97. The van der Waals surface area contributed by atoms with Crippen molar-refractivity contribution in [2.24, 2.45) is 0 Å². The summed E-state index contributed by atoms with van der Waals surface area (Å²) >= 11 is 6.49. The molecule has 0 amide bonds. The highest BCUT2D eigenvalue weighted by Crippen LogP contribution is 2.27. The van der Waals surface area contributed by atoms with Gasteiger partial charge in [0.1, 0.15) is 11.6 Å². The quantitative estimate of drug-likeness (QED) is 0.712. The molecule has 0 spiro atoms. The van der Waals surface area contributed by atoms with Gasteiger partial charge in [-0.05, 0) is 43.3 Å². The van der Waals surface area contributed by atoms with E-state index in [9.17, 15) is 8.78 Å². The minimum absolute atomic E-state index is 0.319. The van der Waals surface area contributed by atoms with E-state index in [-0.39, 0.29) is 17.7 Å². The predicted molar refractivity (Wildman–Crippen MR) is 80.2 cm³/mol. The zero-order valence-electron chi connectivity index (χ0n) is 10.1. The van der Waals surface area contributed by atoms with E-state index in [1.54, 1.807) is 31.2 Å². The van der Waals surface area contributed by atoms with Crippen molar-refractivity contribution in [1.82, 2.24) is 0 Å². The SMILES string of the molecule is CC(Nc1ccc(Br)cc1F)c1cc(Br)ccc1F. The molecule has 19 heavy (non-hydrogen) atoms. The molecule has 1 unspecified atom stereocenters. The number of halogens is 4. The van der Waals surface area contributed by atoms with E-state index in [1.807, 2.05) is 0 Å². The summed E-state index contributed by atoms with van der Waals surface area (Å²) in [6.45, 7) is 1.78. The Morgan fingerprint density at radius 1 is 0.947 bits per heavy atom. The van der Waals surface area contributed by atoms with Gasteiger partial charge in [0.2, 0.25) is 0 Å². The van der Waals surface area contributed by atoms with Crippen LogP contribution in [-0.2, 0) is 0 Å². The second-order valence-corrected chi connectivity index (χ2v) is 5.99. The molecular formula is C14H11Br2F2N. The maximum atomic E-state index is 13.7. The molecule has 0 saturated carbocycles. The van der Waals surface area contributed by atoms with Crippen LogP contribution < -0.4 is 5.32 Å². The van der Waals surface area contributed by atoms with Crippen molar-refractivity contribution in [3.63, 3.8) is 0 Å². The third kappa shape index (κ3) is 3.54. The van der Waals surface area contributed by atoms with Crippen molar-refractivity contribution >= 4 is 37.5 Å². The maximum absolute atomic E-state index is 13.7. The predicted octanol–water partition coefficient (Wildman–Crippen LogP) is 5.66. The molecule has 5 heteroatoms. The zero-order valence-corrected chi connectivity index (χ0v) is 13.2. The van der Waals surface area contributed by atoms with Crippen molar-refractivity contribution in [2.45, 2.75) is 13.0 Å². The van der Waals surface area contributed by atoms with E-state index in [1.165, 1.54) is 12.1 Å². The Morgan fingerprint density at radius 3 is 2.26 bits per heavy atom. The van der Waals surface area contributed by atoms with E-state index in [0.717, 1.165) is 4.47 Å². The second kappa shape index (κ2) is 6.01. The van der Waals surface area contributed by atoms with Crippen LogP contribution in [0.1, 0.15) is 18.5 Å². The Labute approximate surface area is 127 Å². The van der Waals surface area contributed by atoms with Gasteiger partial charge in [0.15, 0.2) is 0 Å². The smallest absolute Gasteiger partial charge is 0.147 e. The second-order valence-electron chi connectivity index (χ2n) is 4.16. The van der Waals surface area contributed by atoms with Gasteiger partial charge in [-0.15, -0.1) is 0 Å². The molecule has 0 aliphatic rings. The molecule has 2 rings (SSSR count). The molecule has 0 radical (unpaired) electrons. The minimum atomic E-state index is -0.378. The number of hydrogen-bond donors (Lipinski definition) is 1. The first kappa shape index (κ1) is 14.5. The Bertz CT molecular complexity index is 602. The summed E-state index contributed by atoms with van der Waals surface area (Å²) in [6, 6.07) is 9.08. The molecule has 0 heterocycles. The Morgan fingerprint density at radius 2 is 1.58 bits per heavy atom. The first-order chi connectivity index (χ1) is 8.97. The fraction of sp³-hybridized carbons (Fsp3) is 0.143. The van der Waals surface area contributed by atoms with Crippen LogP contribution >= 0.6 is 31.9 Å². The molecule has 0 aliphatic carbocycles. The lowest BCUT2D eigenvalue weighted by Gasteiger charge is -2.17. The normalized spacial score (nSPS) is 12.3. The van der Waals surface area contributed by atoms with E-state index in [0.29, 0.717) is 15.7 Å².